The van der Waals surface area contributed by atoms with Crippen LogP contribution in [0.3, 0.4) is 0 Å². The molecule has 0 bridgehead atoms. The first-order valence-corrected chi connectivity index (χ1v) is 8.52. The number of carboxylic acids is 1. The van der Waals surface area contributed by atoms with Gasteiger partial charge in [0.05, 0.1) is 7.11 Å². The molecule has 2 aromatic carbocycles. The molecule has 2 aromatic rings. The zero-order valence-corrected chi connectivity index (χ0v) is 14.7. The number of thiol groups is 1. The minimum absolute atomic E-state index is 0.278. The highest BCUT2D eigenvalue weighted by molar-refractivity contribution is 7.80. The van der Waals surface area contributed by atoms with Crippen molar-refractivity contribution in [1.29, 1.82) is 0 Å². The normalized spacial score (nSPS) is 12.1. The van der Waals surface area contributed by atoms with Crippen LogP contribution in [0.15, 0.2) is 54.6 Å². The quantitative estimate of drug-likeness (QED) is 0.686. The van der Waals surface area contributed by atoms with Crippen molar-refractivity contribution in [2.75, 3.05) is 19.4 Å². The molecule has 0 spiro atoms. The summed E-state index contributed by atoms with van der Waals surface area (Å²) in [6, 6.07) is 17.2. The monoisotopic (exact) mass is 345 g/mol. The number of rotatable bonds is 9. The highest BCUT2D eigenvalue weighted by Gasteiger charge is 2.24. The molecule has 1 N–H and O–H groups in total. The third-order valence-electron chi connectivity index (χ3n) is 3.97. The molecule has 5 heteroatoms. The Bertz CT molecular complexity index is 631. The van der Waals surface area contributed by atoms with Crippen LogP contribution in [0.1, 0.15) is 11.1 Å². The standard InChI is InChI=1S/C19H23NO3S/c1-23-17-9-7-16(8-10-17)13-20(18(14-24)19(21)22)12-11-15-5-3-2-4-6-15/h2-10,18,24H,11-14H2,1H3,(H,21,22). The summed E-state index contributed by atoms with van der Waals surface area (Å²) in [5.41, 5.74) is 2.25. The van der Waals surface area contributed by atoms with Gasteiger partial charge in [0.1, 0.15) is 11.8 Å². The van der Waals surface area contributed by atoms with E-state index in [-0.39, 0.29) is 5.75 Å². The summed E-state index contributed by atoms with van der Waals surface area (Å²) in [6.07, 6.45) is 0.800. The average molecular weight is 345 g/mol. The van der Waals surface area contributed by atoms with Crippen LogP contribution >= 0.6 is 12.6 Å². The predicted octanol–water partition coefficient (Wildman–Crippen LogP) is 3.12. The molecule has 4 nitrogen and oxygen atoms in total. The number of aliphatic carboxylic acids is 1. The number of hydrogen-bond donors (Lipinski definition) is 2. The molecule has 0 amide bonds. The van der Waals surface area contributed by atoms with Crippen molar-refractivity contribution < 1.29 is 14.6 Å². The van der Waals surface area contributed by atoms with Gasteiger partial charge < -0.3 is 9.84 Å². The van der Waals surface area contributed by atoms with Crippen LogP contribution in [0.4, 0.5) is 0 Å². The first kappa shape index (κ1) is 18.4. The molecule has 0 aliphatic heterocycles. The summed E-state index contributed by atoms with van der Waals surface area (Å²) in [6.45, 7) is 1.22. The van der Waals surface area contributed by atoms with Crippen LogP contribution in [0, 0.1) is 0 Å². The summed E-state index contributed by atoms with van der Waals surface area (Å²) in [5, 5.41) is 9.49. The van der Waals surface area contributed by atoms with Gasteiger partial charge in [-0.1, -0.05) is 42.5 Å². The Balaban J connectivity index is 2.10. The number of hydrogen-bond acceptors (Lipinski definition) is 4. The van der Waals surface area contributed by atoms with Gasteiger partial charge in [0.25, 0.3) is 0 Å². The van der Waals surface area contributed by atoms with E-state index in [9.17, 15) is 9.90 Å². The SMILES string of the molecule is COc1ccc(CN(CCc2ccccc2)C(CS)C(=O)O)cc1. The van der Waals surface area contributed by atoms with Crippen molar-refractivity contribution in [3.63, 3.8) is 0 Å². The minimum Gasteiger partial charge on any atom is -0.497 e. The molecule has 24 heavy (non-hydrogen) atoms. The Labute approximate surface area is 148 Å². The zero-order valence-electron chi connectivity index (χ0n) is 13.8. The second-order valence-electron chi connectivity index (χ2n) is 5.59. The Hall–Kier alpha value is -1.98. The van der Waals surface area contributed by atoms with Crippen LogP contribution in [-0.4, -0.2) is 41.4 Å². The third kappa shape index (κ3) is 5.28. The third-order valence-corrected chi connectivity index (χ3v) is 4.32. The molecule has 1 atom stereocenters. The molecule has 0 aliphatic carbocycles. The number of carbonyl (C=O) groups is 1. The molecule has 0 saturated carbocycles. The van der Waals surface area contributed by atoms with E-state index in [1.807, 2.05) is 47.4 Å². The lowest BCUT2D eigenvalue weighted by atomic mass is 10.1. The number of nitrogens with zero attached hydrogens (tertiary/aromatic N) is 1. The molecule has 0 heterocycles. The number of methoxy groups -OCH3 is 1. The maximum atomic E-state index is 11.6. The maximum absolute atomic E-state index is 11.6. The van der Waals surface area contributed by atoms with Gasteiger partial charge in [0.2, 0.25) is 0 Å². The molecule has 0 fully saturated rings. The van der Waals surface area contributed by atoms with Crippen molar-refractivity contribution in [2.24, 2.45) is 0 Å². The fraction of sp³-hybridized carbons (Fsp3) is 0.316. The molecular weight excluding hydrogens is 322 g/mol. The second-order valence-corrected chi connectivity index (χ2v) is 5.96. The first-order chi connectivity index (χ1) is 11.6. The minimum atomic E-state index is -0.841. The van der Waals surface area contributed by atoms with Crippen molar-refractivity contribution in [3.8, 4) is 5.75 Å². The molecule has 0 aliphatic rings. The Morgan fingerprint density at radius 3 is 2.33 bits per heavy atom. The van der Waals surface area contributed by atoms with E-state index in [0.717, 1.165) is 17.7 Å². The van der Waals surface area contributed by atoms with Crippen molar-refractivity contribution in [2.45, 2.75) is 19.0 Å². The van der Waals surface area contributed by atoms with Crippen molar-refractivity contribution in [1.82, 2.24) is 4.90 Å². The Morgan fingerprint density at radius 2 is 1.79 bits per heavy atom. The Kier molecular flexibility index (Phi) is 7.15. The Morgan fingerprint density at radius 1 is 1.12 bits per heavy atom. The van der Waals surface area contributed by atoms with Gasteiger partial charge in [0, 0.05) is 18.8 Å². The summed E-state index contributed by atoms with van der Waals surface area (Å²) in [4.78, 5) is 13.5. The molecule has 128 valence electrons. The van der Waals surface area contributed by atoms with Gasteiger partial charge in [-0.25, -0.2) is 0 Å². The fourth-order valence-electron chi connectivity index (χ4n) is 2.58. The number of ether oxygens (including phenoxy) is 1. The lowest BCUT2D eigenvalue weighted by molar-refractivity contribution is -0.142. The fourth-order valence-corrected chi connectivity index (χ4v) is 2.96. The van der Waals surface area contributed by atoms with E-state index in [4.69, 9.17) is 4.74 Å². The summed E-state index contributed by atoms with van der Waals surface area (Å²) in [5.74, 6) is 0.227. The zero-order chi connectivity index (χ0) is 17.4. The number of carboxylic acid groups (broad SMARTS) is 1. The van der Waals surface area contributed by atoms with Gasteiger partial charge in [-0.3, -0.25) is 9.69 Å². The van der Waals surface area contributed by atoms with E-state index in [0.29, 0.717) is 13.1 Å². The van der Waals surface area contributed by atoms with Gasteiger partial charge in [0.15, 0.2) is 0 Å². The average Bonchev–Trinajstić information content (AvgIpc) is 2.61. The van der Waals surface area contributed by atoms with E-state index in [2.05, 4.69) is 24.8 Å². The molecular formula is C19H23NO3S. The van der Waals surface area contributed by atoms with Gasteiger partial charge in [-0.2, -0.15) is 12.6 Å². The lowest BCUT2D eigenvalue weighted by Gasteiger charge is -2.28. The van der Waals surface area contributed by atoms with Crippen LogP contribution in [0.5, 0.6) is 5.75 Å². The molecule has 0 aromatic heterocycles. The smallest absolute Gasteiger partial charge is 0.321 e. The topological polar surface area (TPSA) is 49.8 Å². The van der Waals surface area contributed by atoms with Crippen LogP contribution in [-0.2, 0) is 17.8 Å². The highest BCUT2D eigenvalue weighted by atomic mass is 32.1. The molecule has 2 rings (SSSR count). The van der Waals surface area contributed by atoms with Crippen molar-refractivity contribution >= 4 is 18.6 Å². The van der Waals surface area contributed by atoms with E-state index < -0.39 is 12.0 Å². The maximum Gasteiger partial charge on any atom is 0.321 e. The predicted molar refractivity (Wildman–Crippen MR) is 98.8 cm³/mol. The second kappa shape index (κ2) is 9.35. The number of benzene rings is 2. The van der Waals surface area contributed by atoms with E-state index in [1.54, 1.807) is 7.11 Å². The first-order valence-electron chi connectivity index (χ1n) is 7.88. The van der Waals surface area contributed by atoms with Gasteiger partial charge in [-0.15, -0.1) is 0 Å². The molecule has 1 unspecified atom stereocenters. The lowest BCUT2D eigenvalue weighted by Crippen LogP contribution is -2.43. The summed E-state index contributed by atoms with van der Waals surface area (Å²) in [7, 11) is 1.63. The summed E-state index contributed by atoms with van der Waals surface area (Å²) < 4.78 is 5.17. The molecule has 0 radical (unpaired) electrons. The summed E-state index contributed by atoms with van der Waals surface area (Å²) >= 11 is 4.23. The van der Waals surface area contributed by atoms with E-state index in [1.165, 1.54) is 5.56 Å². The van der Waals surface area contributed by atoms with Crippen LogP contribution in [0.2, 0.25) is 0 Å². The van der Waals surface area contributed by atoms with Crippen molar-refractivity contribution in [3.05, 3.63) is 65.7 Å². The highest BCUT2D eigenvalue weighted by Crippen LogP contribution is 2.16. The van der Waals surface area contributed by atoms with Crippen LogP contribution < -0.4 is 4.74 Å². The van der Waals surface area contributed by atoms with E-state index >= 15 is 0 Å². The largest absolute Gasteiger partial charge is 0.497 e. The van der Waals surface area contributed by atoms with Gasteiger partial charge in [-0.05, 0) is 29.7 Å². The van der Waals surface area contributed by atoms with Gasteiger partial charge >= 0.3 is 5.97 Å². The van der Waals surface area contributed by atoms with Crippen LogP contribution in [0.25, 0.3) is 0 Å². The molecule has 0 saturated heterocycles.